The van der Waals surface area contributed by atoms with E-state index in [2.05, 4.69) is 26.2 Å². The minimum atomic E-state index is -3.80. The van der Waals surface area contributed by atoms with Crippen LogP contribution in [0.25, 0.3) is 5.57 Å². The van der Waals surface area contributed by atoms with Gasteiger partial charge in [0.25, 0.3) is 11.8 Å². The van der Waals surface area contributed by atoms with Crippen LogP contribution in [0.5, 0.6) is 0 Å². The third kappa shape index (κ3) is 3.61. The molecule has 2 aliphatic heterocycles. The van der Waals surface area contributed by atoms with E-state index in [0.717, 1.165) is 29.1 Å². The molecule has 2 heterocycles. The van der Waals surface area contributed by atoms with Crippen LogP contribution in [0.2, 0.25) is 0 Å². The third-order valence-electron chi connectivity index (χ3n) is 5.09. The van der Waals surface area contributed by atoms with Crippen molar-refractivity contribution in [3.63, 3.8) is 0 Å². The van der Waals surface area contributed by atoms with Crippen LogP contribution >= 0.6 is 27.7 Å². The van der Waals surface area contributed by atoms with E-state index < -0.39 is 10.0 Å². The number of rotatable bonds is 3. The van der Waals surface area contributed by atoms with Crippen LogP contribution in [-0.2, 0) is 19.6 Å². The number of sulfonamides is 1. The Balaban J connectivity index is 1.58. The monoisotopic (exact) mass is 518 g/mol. The minimum Gasteiger partial charge on any atom is -0.320 e. The number of hydrogen-bond donors (Lipinski definition) is 2. The number of nitrogens with one attached hydrogen (secondary N) is 1. The highest BCUT2D eigenvalue weighted by Crippen LogP contribution is 2.47. The maximum absolute atomic E-state index is 13.3. The zero-order chi connectivity index (χ0) is 21.9. The van der Waals surface area contributed by atoms with Crippen molar-refractivity contribution in [1.82, 2.24) is 4.90 Å². The topological polar surface area (TPSA) is 122 Å². The number of aliphatic imine (C=N–C) groups is 1. The highest BCUT2D eigenvalue weighted by atomic mass is 79.9. The first-order chi connectivity index (χ1) is 14.7. The van der Waals surface area contributed by atoms with Gasteiger partial charge in [0.1, 0.15) is 0 Å². The molecular formula is C20H15BrN4O4S2. The van der Waals surface area contributed by atoms with Gasteiger partial charge in [0.05, 0.1) is 26.7 Å². The average molecular weight is 519 g/mol. The molecule has 3 N–H and O–H groups in total. The molecule has 1 saturated carbocycles. The van der Waals surface area contributed by atoms with Crippen molar-refractivity contribution in [3.8, 4) is 0 Å². The van der Waals surface area contributed by atoms with Crippen molar-refractivity contribution >= 4 is 71.6 Å². The van der Waals surface area contributed by atoms with Crippen molar-refractivity contribution in [2.45, 2.75) is 23.8 Å². The van der Waals surface area contributed by atoms with Gasteiger partial charge in [0.2, 0.25) is 10.0 Å². The fourth-order valence-corrected chi connectivity index (χ4v) is 5.61. The molecule has 0 aromatic heterocycles. The van der Waals surface area contributed by atoms with Gasteiger partial charge in [-0.3, -0.25) is 14.5 Å². The maximum Gasteiger partial charge on any atom is 0.267 e. The summed E-state index contributed by atoms with van der Waals surface area (Å²) in [7, 11) is -3.80. The Morgan fingerprint density at radius 2 is 1.84 bits per heavy atom. The van der Waals surface area contributed by atoms with Crippen LogP contribution in [0.3, 0.4) is 0 Å². The lowest BCUT2D eigenvalue weighted by Gasteiger charge is -2.14. The number of amides is 2. The van der Waals surface area contributed by atoms with Gasteiger partial charge >= 0.3 is 0 Å². The van der Waals surface area contributed by atoms with E-state index in [1.165, 1.54) is 24.3 Å². The summed E-state index contributed by atoms with van der Waals surface area (Å²) >= 11 is 4.59. The molecular weight excluding hydrogens is 504 g/mol. The second-order valence-electron chi connectivity index (χ2n) is 7.26. The summed E-state index contributed by atoms with van der Waals surface area (Å²) in [5.74, 6) is -0.572. The highest BCUT2D eigenvalue weighted by molar-refractivity contribution is 9.10. The Hall–Kier alpha value is -2.47. The smallest absolute Gasteiger partial charge is 0.267 e. The predicted octanol–water partition coefficient (Wildman–Crippen LogP) is 3.19. The zero-order valence-corrected chi connectivity index (χ0v) is 19.1. The standard InChI is InChI=1S/C20H15BrN4O4S2/c21-14-3-1-2-13-15(18(26)24-16(13)14)17-19(27)25(11-6-7-11)20(30-17)23-10-4-8-12(9-5-10)31(22,28)29/h1-5,8-9,11H,6-7H2,(H,24,26)(H2,22,28,29)/b17-15-,23-20-. The largest absolute Gasteiger partial charge is 0.320 e. The lowest BCUT2D eigenvalue weighted by atomic mass is 10.1. The number of carbonyl (C=O) groups is 2. The summed E-state index contributed by atoms with van der Waals surface area (Å²) < 4.78 is 23.7. The zero-order valence-electron chi connectivity index (χ0n) is 15.8. The van der Waals surface area contributed by atoms with Crippen LogP contribution < -0.4 is 10.5 Å². The number of benzene rings is 2. The number of para-hydroxylation sites is 1. The molecule has 0 radical (unpaired) electrons. The van der Waals surface area contributed by atoms with Gasteiger partial charge in [-0.2, -0.15) is 0 Å². The van der Waals surface area contributed by atoms with Crippen LogP contribution in [-0.4, -0.2) is 36.3 Å². The first-order valence-electron chi connectivity index (χ1n) is 9.31. The first-order valence-corrected chi connectivity index (χ1v) is 12.5. The van der Waals surface area contributed by atoms with Crippen molar-refractivity contribution in [1.29, 1.82) is 0 Å². The van der Waals surface area contributed by atoms with E-state index in [-0.39, 0.29) is 22.8 Å². The third-order valence-corrected chi connectivity index (χ3v) is 7.73. The van der Waals surface area contributed by atoms with Gasteiger partial charge in [-0.15, -0.1) is 0 Å². The maximum atomic E-state index is 13.3. The summed E-state index contributed by atoms with van der Waals surface area (Å²) in [6.07, 6.45) is 1.74. The van der Waals surface area contributed by atoms with Crippen LogP contribution in [0.15, 0.2) is 61.7 Å². The molecule has 3 aliphatic rings. The Morgan fingerprint density at radius 3 is 2.48 bits per heavy atom. The van der Waals surface area contributed by atoms with E-state index >= 15 is 0 Å². The molecule has 2 amide bonds. The molecule has 1 saturated heterocycles. The Morgan fingerprint density at radius 1 is 1.13 bits per heavy atom. The quantitative estimate of drug-likeness (QED) is 0.604. The summed E-state index contributed by atoms with van der Waals surface area (Å²) in [6.45, 7) is 0. The summed E-state index contributed by atoms with van der Waals surface area (Å²) in [6, 6.07) is 11.3. The molecule has 0 atom stereocenters. The number of nitrogens with two attached hydrogens (primary N) is 1. The molecule has 31 heavy (non-hydrogen) atoms. The van der Waals surface area contributed by atoms with E-state index in [9.17, 15) is 18.0 Å². The molecule has 2 aromatic carbocycles. The number of hydrogen-bond acceptors (Lipinski definition) is 6. The number of fused-ring (bicyclic) bond motifs is 1. The van der Waals surface area contributed by atoms with E-state index in [1.54, 1.807) is 11.0 Å². The molecule has 0 bridgehead atoms. The second kappa shape index (κ2) is 7.30. The number of carbonyl (C=O) groups excluding carboxylic acids is 2. The summed E-state index contributed by atoms with van der Waals surface area (Å²) in [4.78, 5) is 32.5. The van der Waals surface area contributed by atoms with Gasteiger partial charge in [-0.25, -0.2) is 18.5 Å². The van der Waals surface area contributed by atoms with Crippen molar-refractivity contribution < 1.29 is 18.0 Å². The first kappa shape index (κ1) is 20.4. The molecule has 2 fully saturated rings. The highest BCUT2D eigenvalue weighted by Gasteiger charge is 2.46. The number of amidine groups is 1. The molecule has 0 unspecified atom stereocenters. The van der Waals surface area contributed by atoms with Gasteiger partial charge in [0.15, 0.2) is 5.17 Å². The van der Waals surface area contributed by atoms with Gasteiger partial charge < -0.3 is 5.32 Å². The molecule has 158 valence electrons. The van der Waals surface area contributed by atoms with Gasteiger partial charge in [-0.05, 0) is 70.9 Å². The predicted molar refractivity (Wildman–Crippen MR) is 122 cm³/mol. The number of halogens is 1. The van der Waals surface area contributed by atoms with E-state index in [0.29, 0.717) is 32.6 Å². The van der Waals surface area contributed by atoms with Crippen molar-refractivity contribution in [2.24, 2.45) is 10.1 Å². The molecule has 2 aromatic rings. The van der Waals surface area contributed by atoms with E-state index in [4.69, 9.17) is 5.14 Å². The van der Waals surface area contributed by atoms with Crippen LogP contribution in [0, 0.1) is 0 Å². The fraction of sp³-hybridized carbons (Fsp3) is 0.150. The average Bonchev–Trinajstić information content (AvgIpc) is 3.41. The minimum absolute atomic E-state index is 0.0155. The summed E-state index contributed by atoms with van der Waals surface area (Å²) in [5, 5.41) is 8.43. The molecule has 1 aliphatic carbocycles. The molecule has 11 heteroatoms. The van der Waals surface area contributed by atoms with E-state index in [1.807, 2.05) is 12.1 Å². The van der Waals surface area contributed by atoms with Crippen LogP contribution in [0.4, 0.5) is 11.4 Å². The fourth-order valence-electron chi connectivity index (χ4n) is 3.47. The number of nitrogens with zero attached hydrogens (tertiary/aromatic N) is 2. The Labute approximate surface area is 190 Å². The molecule has 8 nitrogen and oxygen atoms in total. The van der Waals surface area contributed by atoms with Crippen LogP contribution in [0.1, 0.15) is 18.4 Å². The lowest BCUT2D eigenvalue weighted by molar-refractivity contribution is -0.122. The normalized spacial score (nSPS) is 22.3. The number of thioether (sulfide) groups is 1. The SMILES string of the molecule is NS(=O)(=O)c1ccc(/N=C2\S/C(=C3\C(=O)Nc4c(Br)cccc43)C(=O)N2C2CC2)cc1. The van der Waals surface area contributed by atoms with Gasteiger partial charge in [0, 0.05) is 16.1 Å². The van der Waals surface area contributed by atoms with Crippen molar-refractivity contribution in [2.75, 3.05) is 5.32 Å². The second-order valence-corrected chi connectivity index (χ2v) is 10.7. The van der Waals surface area contributed by atoms with Gasteiger partial charge in [-0.1, -0.05) is 12.1 Å². The number of primary sulfonamides is 1. The Kier molecular flexibility index (Phi) is 4.81. The van der Waals surface area contributed by atoms with Crippen molar-refractivity contribution in [3.05, 3.63) is 57.4 Å². The molecule has 5 rings (SSSR count). The summed E-state index contributed by atoms with van der Waals surface area (Å²) in [5.41, 5.74) is 2.14. The lowest BCUT2D eigenvalue weighted by Crippen LogP contribution is -2.31. The molecule has 0 spiro atoms. The number of anilines is 1. The Bertz CT molecular complexity index is 1320.